The molecule has 0 saturated carbocycles. The fourth-order valence-electron chi connectivity index (χ4n) is 5.77. The molecule has 2 aliphatic heterocycles. The Morgan fingerprint density at radius 2 is 1.90 bits per heavy atom. The zero-order chi connectivity index (χ0) is 27.6. The van der Waals surface area contributed by atoms with Crippen LogP contribution in [0.15, 0.2) is 60.8 Å². The summed E-state index contributed by atoms with van der Waals surface area (Å²) in [5.41, 5.74) is 7.43. The molecule has 2 aliphatic rings. The molecule has 8 nitrogen and oxygen atoms in total. The van der Waals surface area contributed by atoms with Crippen molar-refractivity contribution in [3.05, 3.63) is 88.7 Å². The van der Waals surface area contributed by atoms with Crippen molar-refractivity contribution >= 4 is 5.97 Å². The number of aryl methyl sites for hydroxylation is 1. The van der Waals surface area contributed by atoms with Gasteiger partial charge in [0.2, 0.25) is 0 Å². The van der Waals surface area contributed by atoms with Gasteiger partial charge in [-0.1, -0.05) is 35.9 Å². The zero-order valence-electron chi connectivity index (χ0n) is 23.0. The lowest BCUT2D eigenvalue weighted by atomic mass is 9.95. The molecule has 1 N–H and O–H groups in total. The van der Waals surface area contributed by atoms with Crippen LogP contribution in [0.2, 0.25) is 0 Å². The predicted octanol–water partition coefficient (Wildman–Crippen LogP) is 5.27. The van der Waals surface area contributed by atoms with Crippen LogP contribution in [0.3, 0.4) is 0 Å². The Balaban J connectivity index is 1.20. The highest BCUT2D eigenvalue weighted by Crippen LogP contribution is 2.32. The van der Waals surface area contributed by atoms with E-state index in [0.29, 0.717) is 24.2 Å². The van der Waals surface area contributed by atoms with Crippen LogP contribution >= 0.6 is 0 Å². The van der Waals surface area contributed by atoms with Gasteiger partial charge in [0.25, 0.3) is 0 Å². The van der Waals surface area contributed by atoms with Crippen molar-refractivity contribution in [1.82, 2.24) is 19.4 Å². The summed E-state index contributed by atoms with van der Waals surface area (Å²) >= 11 is 0. The van der Waals surface area contributed by atoms with Crippen molar-refractivity contribution < 1.29 is 19.4 Å². The Bertz CT molecular complexity index is 1540. The number of rotatable bonds is 7. The number of benzene rings is 2. The Morgan fingerprint density at radius 1 is 1.07 bits per heavy atom. The van der Waals surface area contributed by atoms with E-state index in [2.05, 4.69) is 34.1 Å². The lowest BCUT2D eigenvalue weighted by molar-refractivity contribution is 0.0290. The highest BCUT2D eigenvalue weighted by Gasteiger charge is 2.25. The minimum Gasteiger partial charge on any atom is -0.488 e. The first-order valence-electron chi connectivity index (χ1n) is 13.8. The predicted molar refractivity (Wildman–Crippen MR) is 152 cm³/mol. The second kappa shape index (κ2) is 11.2. The monoisotopic (exact) mass is 538 g/mol. The standard InChI is InChI=1S/C32H34N4O4/c1-21-6-9-30(26(16-21)27-4-3-5-28(34-27)31-33-18-29(32(37)38)35(31)2)40-20-22-7-8-24-19-36(13-10-23(24)17-22)25-11-14-39-15-12-25/h3-9,16-18,25H,10-15,19-20H2,1-2H3,(H,37,38). The first kappa shape index (κ1) is 26.2. The Labute approximate surface area is 234 Å². The van der Waals surface area contributed by atoms with E-state index in [9.17, 15) is 9.90 Å². The third kappa shape index (κ3) is 5.37. The molecule has 0 bridgehead atoms. The molecular weight excluding hydrogens is 504 g/mol. The summed E-state index contributed by atoms with van der Waals surface area (Å²) < 4.78 is 13.5. The Kier molecular flexibility index (Phi) is 7.36. The molecular formula is C32H34N4O4. The largest absolute Gasteiger partial charge is 0.488 e. The Hall–Kier alpha value is -4.01. The summed E-state index contributed by atoms with van der Waals surface area (Å²) in [7, 11) is 1.68. The quantitative estimate of drug-likeness (QED) is 0.343. The maximum atomic E-state index is 11.5. The second-order valence-electron chi connectivity index (χ2n) is 10.7. The smallest absolute Gasteiger partial charge is 0.354 e. The number of hydrogen-bond acceptors (Lipinski definition) is 6. The molecule has 1 fully saturated rings. The molecule has 6 rings (SSSR count). The number of carboxylic acid groups (broad SMARTS) is 1. The number of carboxylic acids is 1. The zero-order valence-corrected chi connectivity index (χ0v) is 23.0. The maximum absolute atomic E-state index is 11.5. The molecule has 40 heavy (non-hydrogen) atoms. The van der Waals surface area contributed by atoms with Crippen molar-refractivity contribution in [3.63, 3.8) is 0 Å². The molecule has 1 saturated heterocycles. The highest BCUT2D eigenvalue weighted by molar-refractivity contribution is 5.86. The second-order valence-corrected chi connectivity index (χ2v) is 10.7. The van der Waals surface area contributed by atoms with Gasteiger partial charge in [-0.25, -0.2) is 14.8 Å². The number of nitrogens with zero attached hydrogens (tertiary/aromatic N) is 4. The van der Waals surface area contributed by atoms with E-state index in [1.54, 1.807) is 11.6 Å². The van der Waals surface area contributed by atoms with E-state index in [4.69, 9.17) is 14.5 Å². The molecule has 4 aromatic rings. The van der Waals surface area contributed by atoms with E-state index < -0.39 is 5.97 Å². The summed E-state index contributed by atoms with van der Waals surface area (Å²) in [4.78, 5) is 23.2. The molecule has 0 amide bonds. The number of fused-ring (bicyclic) bond motifs is 1. The third-order valence-corrected chi connectivity index (χ3v) is 8.01. The van der Waals surface area contributed by atoms with Crippen molar-refractivity contribution in [2.24, 2.45) is 7.05 Å². The van der Waals surface area contributed by atoms with E-state index in [1.807, 2.05) is 37.3 Å². The summed E-state index contributed by atoms with van der Waals surface area (Å²) in [6, 6.07) is 19.2. The van der Waals surface area contributed by atoms with Crippen molar-refractivity contribution in [1.29, 1.82) is 0 Å². The van der Waals surface area contributed by atoms with Crippen LogP contribution in [-0.2, 0) is 31.4 Å². The van der Waals surface area contributed by atoms with E-state index >= 15 is 0 Å². The van der Waals surface area contributed by atoms with Gasteiger partial charge in [0.1, 0.15) is 23.7 Å². The fraction of sp³-hybridized carbons (Fsp3) is 0.344. The molecule has 2 aromatic heterocycles. The highest BCUT2D eigenvalue weighted by atomic mass is 16.5. The number of aromatic nitrogens is 3. The van der Waals surface area contributed by atoms with Gasteiger partial charge in [-0.3, -0.25) is 4.90 Å². The summed E-state index contributed by atoms with van der Waals surface area (Å²) in [6.07, 6.45) is 4.67. The molecule has 0 spiro atoms. The van der Waals surface area contributed by atoms with E-state index in [1.165, 1.54) is 17.3 Å². The molecule has 8 heteroatoms. The molecule has 0 atom stereocenters. The van der Waals surface area contributed by atoms with Crippen molar-refractivity contribution in [2.75, 3.05) is 19.8 Å². The average Bonchev–Trinajstić information content (AvgIpc) is 3.38. The summed E-state index contributed by atoms with van der Waals surface area (Å²) in [6.45, 7) is 6.36. The SMILES string of the molecule is Cc1ccc(OCc2ccc3c(c2)CCN(C2CCOCC2)C3)c(-c2cccc(-c3ncc(C(=O)O)n3C)n2)c1. The number of hydrogen-bond donors (Lipinski definition) is 1. The molecule has 0 unspecified atom stereocenters. The van der Waals surface area contributed by atoms with Crippen molar-refractivity contribution in [2.45, 2.75) is 45.4 Å². The summed E-state index contributed by atoms with van der Waals surface area (Å²) in [5.74, 6) is 0.231. The fourth-order valence-corrected chi connectivity index (χ4v) is 5.77. The Morgan fingerprint density at radius 3 is 2.70 bits per heavy atom. The molecule has 4 heterocycles. The van der Waals surface area contributed by atoms with Crippen LogP contribution in [0.1, 0.15) is 45.6 Å². The van der Waals surface area contributed by atoms with Crippen LogP contribution in [0.4, 0.5) is 0 Å². The lowest BCUT2D eigenvalue weighted by Crippen LogP contribution is -2.42. The van der Waals surface area contributed by atoms with Crippen LogP contribution in [0, 0.1) is 6.92 Å². The lowest BCUT2D eigenvalue weighted by Gasteiger charge is -2.37. The minimum absolute atomic E-state index is 0.114. The van der Waals surface area contributed by atoms with Gasteiger partial charge in [-0.15, -0.1) is 0 Å². The molecule has 206 valence electrons. The minimum atomic E-state index is -1.02. The van der Waals surface area contributed by atoms with Crippen LogP contribution in [0.25, 0.3) is 22.8 Å². The number of aromatic carboxylic acids is 1. The van der Waals surface area contributed by atoms with Gasteiger partial charge in [-0.2, -0.15) is 0 Å². The number of pyridine rings is 1. The molecule has 0 aliphatic carbocycles. The normalized spacial score (nSPS) is 16.1. The van der Waals surface area contributed by atoms with Gasteiger partial charge in [-0.05, 0) is 67.1 Å². The molecule has 2 aromatic carbocycles. The summed E-state index contributed by atoms with van der Waals surface area (Å²) in [5, 5.41) is 9.41. The maximum Gasteiger partial charge on any atom is 0.354 e. The number of carbonyl (C=O) groups is 1. The third-order valence-electron chi connectivity index (χ3n) is 8.01. The average molecular weight is 539 g/mol. The van der Waals surface area contributed by atoms with Gasteiger partial charge in [0, 0.05) is 45.0 Å². The van der Waals surface area contributed by atoms with Crippen LogP contribution in [-0.4, -0.2) is 56.3 Å². The van der Waals surface area contributed by atoms with Gasteiger partial charge in [0.05, 0.1) is 11.9 Å². The van der Waals surface area contributed by atoms with E-state index in [0.717, 1.165) is 73.7 Å². The topological polar surface area (TPSA) is 89.7 Å². The van der Waals surface area contributed by atoms with Gasteiger partial charge >= 0.3 is 5.97 Å². The van der Waals surface area contributed by atoms with Gasteiger partial charge in [0.15, 0.2) is 5.82 Å². The van der Waals surface area contributed by atoms with Crippen molar-refractivity contribution in [3.8, 4) is 28.5 Å². The number of ether oxygens (including phenoxy) is 2. The molecule has 0 radical (unpaired) electrons. The first-order chi connectivity index (χ1) is 19.5. The number of imidazole rings is 1. The van der Waals surface area contributed by atoms with E-state index in [-0.39, 0.29) is 5.69 Å². The van der Waals surface area contributed by atoms with Gasteiger partial charge < -0.3 is 19.1 Å². The first-order valence-corrected chi connectivity index (χ1v) is 13.8. The van der Waals surface area contributed by atoms with Crippen LogP contribution < -0.4 is 4.74 Å². The van der Waals surface area contributed by atoms with Crippen LogP contribution in [0.5, 0.6) is 5.75 Å².